The predicted octanol–water partition coefficient (Wildman–Crippen LogP) is 3.67. The van der Waals surface area contributed by atoms with E-state index >= 15 is 0 Å². The molecule has 1 saturated carbocycles. The van der Waals surface area contributed by atoms with Gasteiger partial charge in [0.2, 0.25) is 5.91 Å². The Kier molecular flexibility index (Phi) is 6.73. The van der Waals surface area contributed by atoms with Crippen molar-refractivity contribution in [1.82, 2.24) is 10.6 Å². The van der Waals surface area contributed by atoms with Crippen LogP contribution in [-0.4, -0.2) is 42.3 Å². The summed E-state index contributed by atoms with van der Waals surface area (Å²) in [5.41, 5.74) is 4.69. The number of hydrogen-bond acceptors (Lipinski definition) is 4. The quantitative estimate of drug-likeness (QED) is 0.614. The van der Waals surface area contributed by atoms with Crippen molar-refractivity contribution in [3.63, 3.8) is 0 Å². The molecule has 0 bridgehead atoms. The zero-order chi connectivity index (χ0) is 22.5. The van der Waals surface area contributed by atoms with Gasteiger partial charge in [0.15, 0.2) is 0 Å². The highest BCUT2D eigenvalue weighted by Gasteiger charge is 2.31. The summed E-state index contributed by atoms with van der Waals surface area (Å²) in [6.45, 7) is 0.376. The number of carboxylic acids is 1. The van der Waals surface area contributed by atoms with Crippen LogP contribution in [0.25, 0.3) is 11.1 Å². The largest absolute Gasteiger partial charge is 0.481 e. The summed E-state index contributed by atoms with van der Waals surface area (Å²) < 4.78 is 5.61. The van der Waals surface area contributed by atoms with Crippen LogP contribution in [0.1, 0.15) is 49.1 Å². The van der Waals surface area contributed by atoms with Crippen molar-refractivity contribution in [2.75, 3.05) is 13.2 Å². The van der Waals surface area contributed by atoms with E-state index in [1.807, 2.05) is 24.3 Å². The molecule has 4 rings (SSSR count). The topological polar surface area (TPSA) is 105 Å². The summed E-state index contributed by atoms with van der Waals surface area (Å²) in [6, 6.07) is 16.3. The molecule has 2 amide bonds. The van der Waals surface area contributed by atoms with Crippen molar-refractivity contribution in [2.45, 2.75) is 44.1 Å². The summed E-state index contributed by atoms with van der Waals surface area (Å²) in [5, 5.41) is 14.3. The maximum atomic E-state index is 12.5. The van der Waals surface area contributed by atoms with Crippen LogP contribution >= 0.6 is 0 Å². The highest BCUT2D eigenvalue weighted by Crippen LogP contribution is 2.44. The summed E-state index contributed by atoms with van der Waals surface area (Å²) in [6.07, 6.45) is 2.32. The average Bonchev–Trinajstić information content (AvgIpc) is 3.11. The van der Waals surface area contributed by atoms with Crippen molar-refractivity contribution in [2.24, 2.45) is 5.92 Å². The average molecular weight is 437 g/mol. The van der Waals surface area contributed by atoms with Gasteiger partial charge >= 0.3 is 12.1 Å². The van der Waals surface area contributed by atoms with Gasteiger partial charge in [-0.25, -0.2) is 4.79 Å². The Balaban J connectivity index is 1.30. The van der Waals surface area contributed by atoms with Crippen LogP contribution in [0.4, 0.5) is 4.79 Å². The second-order valence-corrected chi connectivity index (χ2v) is 8.47. The number of hydrogen-bond donors (Lipinski definition) is 3. The van der Waals surface area contributed by atoms with Gasteiger partial charge < -0.3 is 20.5 Å². The van der Waals surface area contributed by atoms with Gasteiger partial charge in [-0.05, 0) is 41.5 Å². The number of rotatable bonds is 7. The minimum atomic E-state index is -0.941. The fourth-order valence-corrected chi connectivity index (χ4v) is 4.80. The first kappa shape index (κ1) is 21.9. The maximum Gasteiger partial charge on any atom is 0.407 e. The molecule has 2 atom stereocenters. The number of nitrogens with one attached hydrogen (secondary N) is 2. The van der Waals surface area contributed by atoms with Crippen LogP contribution in [0.15, 0.2) is 48.5 Å². The Morgan fingerprint density at radius 2 is 1.62 bits per heavy atom. The summed E-state index contributed by atoms with van der Waals surface area (Å²) in [7, 11) is 0. The van der Waals surface area contributed by atoms with Gasteiger partial charge in [-0.3, -0.25) is 9.59 Å². The van der Waals surface area contributed by atoms with Gasteiger partial charge in [-0.2, -0.15) is 0 Å². The lowest BCUT2D eigenvalue weighted by Crippen LogP contribution is -2.43. The normalized spacial score (nSPS) is 19.5. The molecular formula is C25H28N2O5. The maximum absolute atomic E-state index is 12.5. The van der Waals surface area contributed by atoms with Gasteiger partial charge in [0.25, 0.3) is 0 Å². The molecule has 1 fully saturated rings. The second kappa shape index (κ2) is 9.85. The highest BCUT2D eigenvalue weighted by molar-refractivity contribution is 5.80. The Labute approximate surface area is 187 Å². The number of amides is 2. The molecule has 2 aliphatic carbocycles. The molecule has 2 aromatic carbocycles. The van der Waals surface area contributed by atoms with Crippen LogP contribution in [0.2, 0.25) is 0 Å². The lowest BCUT2D eigenvalue weighted by atomic mass is 9.85. The number of carboxylic acid groups (broad SMARTS) is 1. The smallest absolute Gasteiger partial charge is 0.407 e. The first-order valence-corrected chi connectivity index (χ1v) is 11.1. The Hall–Kier alpha value is -3.35. The van der Waals surface area contributed by atoms with Gasteiger partial charge in [-0.1, -0.05) is 55.0 Å². The molecule has 0 unspecified atom stereocenters. The Morgan fingerprint density at radius 3 is 2.28 bits per heavy atom. The van der Waals surface area contributed by atoms with E-state index < -0.39 is 12.1 Å². The molecule has 2 aromatic rings. The van der Waals surface area contributed by atoms with E-state index in [2.05, 4.69) is 34.9 Å². The second-order valence-electron chi connectivity index (χ2n) is 8.47. The van der Waals surface area contributed by atoms with E-state index in [0.717, 1.165) is 30.4 Å². The van der Waals surface area contributed by atoms with Crippen molar-refractivity contribution in [1.29, 1.82) is 0 Å². The zero-order valence-electron chi connectivity index (χ0n) is 17.9. The highest BCUT2D eigenvalue weighted by atomic mass is 16.5. The molecule has 0 heterocycles. The minimum Gasteiger partial charge on any atom is -0.481 e. The fourth-order valence-electron chi connectivity index (χ4n) is 4.80. The molecule has 0 aromatic heterocycles. The van der Waals surface area contributed by atoms with Crippen LogP contribution < -0.4 is 10.6 Å². The summed E-state index contributed by atoms with van der Waals surface area (Å²) >= 11 is 0. The number of benzene rings is 2. The lowest BCUT2D eigenvalue weighted by molar-refractivity contribution is -0.137. The van der Waals surface area contributed by atoms with Crippen LogP contribution in [-0.2, 0) is 14.3 Å². The van der Waals surface area contributed by atoms with Crippen molar-refractivity contribution < 1.29 is 24.2 Å². The summed E-state index contributed by atoms with van der Waals surface area (Å²) in [4.78, 5) is 35.4. The van der Waals surface area contributed by atoms with Crippen LogP contribution in [0.3, 0.4) is 0 Å². The van der Waals surface area contributed by atoms with E-state index in [9.17, 15) is 14.4 Å². The molecule has 0 spiro atoms. The SMILES string of the molecule is O=C(O)CCNC(=O)[C@@H]1CCC[C@H](NC(=O)OCC2c3ccccc3-c3ccccc32)C1. The summed E-state index contributed by atoms with van der Waals surface area (Å²) in [5.74, 6) is -1.31. The van der Waals surface area contributed by atoms with Gasteiger partial charge in [0, 0.05) is 24.4 Å². The molecule has 3 N–H and O–H groups in total. The number of aliphatic carboxylic acids is 1. The Morgan fingerprint density at radius 1 is 0.969 bits per heavy atom. The number of carbonyl (C=O) groups excluding carboxylic acids is 2. The van der Waals surface area contributed by atoms with Gasteiger partial charge in [0.1, 0.15) is 6.61 Å². The van der Waals surface area contributed by atoms with Crippen molar-refractivity contribution in [3.05, 3.63) is 59.7 Å². The third kappa shape index (κ3) is 4.93. The molecule has 7 nitrogen and oxygen atoms in total. The molecule has 0 aliphatic heterocycles. The van der Waals surface area contributed by atoms with Crippen LogP contribution in [0, 0.1) is 5.92 Å². The molecule has 0 radical (unpaired) electrons. The van der Waals surface area contributed by atoms with E-state index in [0.29, 0.717) is 6.42 Å². The van der Waals surface area contributed by atoms with Crippen molar-refractivity contribution >= 4 is 18.0 Å². The molecular weight excluding hydrogens is 408 g/mol. The first-order valence-electron chi connectivity index (χ1n) is 11.1. The van der Waals surface area contributed by atoms with Crippen LogP contribution in [0.5, 0.6) is 0 Å². The van der Waals surface area contributed by atoms with Crippen molar-refractivity contribution in [3.8, 4) is 11.1 Å². The molecule has 168 valence electrons. The number of carbonyl (C=O) groups is 3. The predicted molar refractivity (Wildman–Crippen MR) is 119 cm³/mol. The number of alkyl carbamates (subject to hydrolysis) is 1. The van der Waals surface area contributed by atoms with E-state index in [4.69, 9.17) is 9.84 Å². The van der Waals surface area contributed by atoms with E-state index in [1.54, 1.807) is 0 Å². The number of ether oxygens (including phenoxy) is 1. The lowest BCUT2D eigenvalue weighted by Gasteiger charge is -2.29. The molecule has 2 aliphatic rings. The third-order valence-electron chi connectivity index (χ3n) is 6.35. The third-order valence-corrected chi connectivity index (χ3v) is 6.35. The van der Waals surface area contributed by atoms with E-state index in [-0.39, 0.29) is 43.4 Å². The first-order chi connectivity index (χ1) is 15.5. The Bertz CT molecular complexity index is 960. The molecule has 0 saturated heterocycles. The van der Waals surface area contributed by atoms with E-state index in [1.165, 1.54) is 11.1 Å². The fraction of sp³-hybridized carbons (Fsp3) is 0.400. The van der Waals surface area contributed by atoms with Gasteiger partial charge in [-0.15, -0.1) is 0 Å². The zero-order valence-corrected chi connectivity index (χ0v) is 17.9. The molecule has 32 heavy (non-hydrogen) atoms. The minimum absolute atomic E-state index is 0.00673. The molecule has 7 heteroatoms. The number of fused-ring (bicyclic) bond motifs is 3. The van der Waals surface area contributed by atoms with Gasteiger partial charge in [0.05, 0.1) is 6.42 Å². The standard InChI is InChI=1S/C25H28N2O5/c28-23(29)12-13-26-24(30)16-6-5-7-17(14-16)27-25(31)32-15-22-20-10-3-1-8-18(20)19-9-2-4-11-21(19)22/h1-4,8-11,16-17,22H,5-7,12-15H2,(H,26,30)(H,27,31)(H,28,29)/t16-,17+/m1/s1. The monoisotopic (exact) mass is 436 g/mol.